The van der Waals surface area contributed by atoms with Crippen LogP contribution in [0.3, 0.4) is 0 Å². The number of nitrogens with one attached hydrogen (secondary N) is 2. The van der Waals surface area contributed by atoms with Crippen molar-refractivity contribution in [3.8, 4) is 0 Å². The van der Waals surface area contributed by atoms with Gasteiger partial charge in [0.15, 0.2) is 0 Å². The van der Waals surface area contributed by atoms with Crippen LogP contribution in [0.25, 0.3) is 0 Å². The maximum atomic E-state index is 4.44. The van der Waals surface area contributed by atoms with E-state index in [-0.39, 0.29) is 0 Å². The summed E-state index contributed by atoms with van der Waals surface area (Å²) in [7, 11) is 0. The summed E-state index contributed by atoms with van der Waals surface area (Å²) in [6.07, 6.45) is 8.30. The van der Waals surface area contributed by atoms with Crippen LogP contribution >= 0.6 is 0 Å². The highest BCUT2D eigenvalue weighted by atomic mass is 15.1. The molecule has 2 fully saturated rings. The van der Waals surface area contributed by atoms with Crippen LogP contribution in [-0.2, 0) is 6.42 Å². The zero-order chi connectivity index (χ0) is 13.3. The SMILES string of the molecule is CCNc1ncnc(NCC2(C3CC3)CC2)c1CC. The maximum absolute atomic E-state index is 4.44. The predicted molar refractivity (Wildman–Crippen MR) is 78.5 cm³/mol. The van der Waals surface area contributed by atoms with E-state index in [2.05, 4.69) is 34.4 Å². The van der Waals surface area contributed by atoms with Crippen molar-refractivity contribution in [2.75, 3.05) is 23.7 Å². The summed E-state index contributed by atoms with van der Waals surface area (Å²) >= 11 is 0. The number of nitrogens with zero attached hydrogens (tertiary/aromatic N) is 2. The molecule has 0 aromatic carbocycles. The molecule has 19 heavy (non-hydrogen) atoms. The summed E-state index contributed by atoms with van der Waals surface area (Å²) in [6.45, 7) is 6.25. The Morgan fingerprint density at radius 1 is 1.16 bits per heavy atom. The van der Waals surface area contributed by atoms with Gasteiger partial charge in [-0.25, -0.2) is 9.97 Å². The number of hydrogen-bond acceptors (Lipinski definition) is 4. The molecule has 4 nitrogen and oxygen atoms in total. The molecule has 1 heterocycles. The standard InChI is InChI=1S/C15H24N4/c1-3-12-13(16-4-2)18-10-19-14(12)17-9-15(7-8-15)11-5-6-11/h10-11H,3-9H2,1-2H3,(H2,16,17,18,19). The lowest BCUT2D eigenvalue weighted by atomic mass is 10.0. The van der Waals surface area contributed by atoms with Crippen LogP contribution in [0.5, 0.6) is 0 Å². The average Bonchev–Trinajstić information content (AvgIpc) is 3.28. The Balaban J connectivity index is 1.71. The van der Waals surface area contributed by atoms with E-state index in [9.17, 15) is 0 Å². The Kier molecular flexibility index (Phi) is 3.33. The van der Waals surface area contributed by atoms with Crippen LogP contribution in [0, 0.1) is 11.3 Å². The van der Waals surface area contributed by atoms with E-state index in [0.29, 0.717) is 5.41 Å². The van der Waals surface area contributed by atoms with Gasteiger partial charge >= 0.3 is 0 Å². The van der Waals surface area contributed by atoms with Crippen molar-refractivity contribution in [1.29, 1.82) is 0 Å². The fourth-order valence-electron chi connectivity index (χ4n) is 3.06. The van der Waals surface area contributed by atoms with Crippen molar-refractivity contribution in [3.05, 3.63) is 11.9 Å². The van der Waals surface area contributed by atoms with Gasteiger partial charge in [0, 0.05) is 18.7 Å². The molecule has 1 aromatic rings. The quantitative estimate of drug-likeness (QED) is 0.791. The van der Waals surface area contributed by atoms with Gasteiger partial charge in [0.25, 0.3) is 0 Å². The Bertz CT molecular complexity index is 449. The van der Waals surface area contributed by atoms with Gasteiger partial charge in [0.1, 0.15) is 18.0 Å². The number of aromatic nitrogens is 2. The van der Waals surface area contributed by atoms with Crippen LogP contribution in [0.2, 0.25) is 0 Å². The number of anilines is 2. The third kappa shape index (κ3) is 2.53. The molecule has 2 N–H and O–H groups in total. The van der Waals surface area contributed by atoms with Crippen molar-refractivity contribution < 1.29 is 0 Å². The molecule has 0 radical (unpaired) electrons. The second-order valence-electron chi connectivity index (χ2n) is 5.92. The summed E-state index contributed by atoms with van der Waals surface area (Å²) < 4.78 is 0. The van der Waals surface area contributed by atoms with Crippen molar-refractivity contribution in [2.45, 2.75) is 46.0 Å². The molecule has 2 aliphatic carbocycles. The molecule has 4 heteroatoms. The van der Waals surface area contributed by atoms with Gasteiger partial charge in [0.2, 0.25) is 0 Å². The Morgan fingerprint density at radius 2 is 1.84 bits per heavy atom. The first-order valence-electron chi connectivity index (χ1n) is 7.60. The van der Waals surface area contributed by atoms with Crippen LogP contribution in [0.4, 0.5) is 11.6 Å². The maximum Gasteiger partial charge on any atom is 0.134 e. The predicted octanol–water partition coefficient (Wildman–Crippen LogP) is 3.07. The Morgan fingerprint density at radius 3 is 2.37 bits per heavy atom. The first kappa shape index (κ1) is 12.7. The summed E-state index contributed by atoms with van der Waals surface area (Å²) in [5.74, 6) is 3.00. The molecule has 2 aliphatic rings. The minimum absolute atomic E-state index is 0.605. The Labute approximate surface area is 115 Å². The first-order chi connectivity index (χ1) is 9.29. The van der Waals surface area contributed by atoms with Gasteiger partial charge in [-0.3, -0.25) is 0 Å². The summed E-state index contributed by atoms with van der Waals surface area (Å²) in [6, 6.07) is 0. The number of rotatable bonds is 7. The van der Waals surface area contributed by atoms with E-state index >= 15 is 0 Å². The van der Waals surface area contributed by atoms with Gasteiger partial charge in [-0.15, -0.1) is 0 Å². The highest BCUT2D eigenvalue weighted by Crippen LogP contribution is 2.61. The van der Waals surface area contributed by atoms with Crippen molar-refractivity contribution in [2.24, 2.45) is 11.3 Å². The molecule has 0 atom stereocenters. The summed E-state index contributed by atoms with van der Waals surface area (Å²) in [5, 5.41) is 6.92. The van der Waals surface area contributed by atoms with Crippen molar-refractivity contribution in [3.63, 3.8) is 0 Å². The molecule has 3 rings (SSSR count). The van der Waals surface area contributed by atoms with E-state index < -0.39 is 0 Å². The molecular weight excluding hydrogens is 236 g/mol. The third-order valence-corrected chi connectivity index (χ3v) is 4.59. The highest BCUT2D eigenvalue weighted by molar-refractivity contribution is 5.57. The van der Waals surface area contributed by atoms with Gasteiger partial charge < -0.3 is 10.6 Å². The molecule has 2 saturated carbocycles. The lowest BCUT2D eigenvalue weighted by Crippen LogP contribution is -2.19. The molecule has 0 saturated heterocycles. The van der Waals surface area contributed by atoms with E-state index in [1.807, 2.05) is 0 Å². The normalized spacial score (nSPS) is 20.1. The van der Waals surface area contributed by atoms with Gasteiger partial charge in [-0.1, -0.05) is 6.92 Å². The zero-order valence-electron chi connectivity index (χ0n) is 12.0. The van der Waals surface area contributed by atoms with Crippen LogP contribution in [0.15, 0.2) is 6.33 Å². The second kappa shape index (κ2) is 4.99. The molecule has 0 spiro atoms. The minimum Gasteiger partial charge on any atom is -0.370 e. The fourth-order valence-corrected chi connectivity index (χ4v) is 3.06. The van der Waals surface area contributed by atoms with Crippen molar-refractivity contribution in [1.82, 2.24) is 9.97 Å². The molecular formula is C15H24N4. The Hall–Kier alpha value is -1.32. The van der Waals surface area contributed by atoms with E-state index in [4.69, 9.17) is 0 Å². The first-order valence-corrected chi connectivity index (χ1v) is 7.60. The lowest BCUT2D eigenvalue weighted by molar-refractivity contribution is 0.466. The largest absolute Gasteiger partial charge is 0.370 e. The second-order valence-corrected chi connectivity index (χ2v) is 5.92. The van der Waals surface area contributed by atoms with Crippen molar-refractivity contribution >= 4 is 11.6 Å². The summed E-state index contributed by atoms with van der Waals surface area (Å²) in [4.78, 5) is 8.79. The molecule has 0 amide bonds. The average molecular weight is 260 g/mol. The third-order valence-electron chi connectivity index (χ3n) is 4.59. The van der Waals surface area contributed by atoms with Crippen LogP contribution in [0.1, 0.15) is 45.1 Å². The molecule has 1 aromatic heterocycles. The monoisotopic (exact) mass is 260 g/mol. The minimum atomic E-state index is 0.605. The van der Waals surface area contributed by atoms with Crippen LogP contribution in [-0.4, -0.2) is 23.1 Å². The van der Waals surface area contributed by atoms with E-state index in [0.717, 1.165) is 37.1 Å². The van der Waals surface area contributed by atoms with Gasteiger partial charge in [0.05, 0.1) is 0 Å². The fraction of sp³-hybridized carbons (Fsp3) is 0.733. The molecule has 0 aliphatic heterocycles. The van der Waals surface area contributed by atoms with E-state index in [1.54, 1.807) is 6.33 Å². The summed E-state index contributed by atoms with van der Waals surface area (Å²) in [5.41, 5.74) is 1.82. The molecule has 0 unspecified atom stereocenters. The zero-order valence-corrected chi connectivity index (χ0v) is 12.0. The lowest BCUT2D eigenvalue weighted by Gasteiger charge is -2.18. The van der Waals surface area contributed by atoms with Gasteiger partial charge in [-0.05, 0) is 50.4 Å². The number of hydrogen-bond donors (Lipinski definition) is 2. The van der Waals surface area contributed by atoms with E-state index in [1.165, 1.54) is 31.2 Å². The van der Waals surface area contributed by atoms with Crippen LogP contribution < -0.4 is 10.6 Å². The molecule has 0 bridgehead atoms. The topological polar surface area (TPSA) is 49.8 Å². The van der Waals surface area contributed by atoms with Gasteiger partial charge in [-0.2, -0.15) is 0 Å². The molecule has 104 valence electrons. The smallest absolute Gasteiger partial charge is 0.134 e. The highest BCUT2D eigenvalue weighted by Gasteiger charge is 2.53.